The molecule has 0 fully saturated rings. The molecule has 0 aliphatic heterocycles. The van der Waals surface area contributed by atoms with Crippen molar-refractivity contribution in [2.75, 3.05) is 0 Å². The highest BCUT2D eigenvalue weighted by molar-refractivity contribution is 9.10. The molecule has 11 heteroatoms. The van der Waals surface area contributed by atoms with Gasteiger partial charge in [0.05, 0.1) is 10.7 Å². The minimum absolute atomic E-state index is 0.0444. The van der Waals surface area contributed by atoms with E-state index in [1.165, 1.54) is 25.3 Å². The molecular formula is C28H25BrClN3O6. The van der Waals surface area contributed by atoms with Crippen LogP contribution in [0.2, 0.25) is 5.02 Å². The Balaban J connectivity index is 1.35. The number of carbonyl (C=O) groups is 2. The van der Waals surface area contributed by atoms with E-state index in [2.05, 4.69) is 57.0 Å². The first-order valence-corrected chi connectivity index (χ1v) is 13.0. The first-order valence-electron chi connectivity index (χ1n) is 11.8. The number of halogens is 2. The summed E-state index contributed by atoms with van der Waals surface area (Å²) in [6.07, 6.45) is 0.185. The monoisotopic (exact) mass is 613 g/mol. The summed E-state index contributed by atoms with van der Waals surface area (Å²) < 4.78 is 19.5. The Morgan fingerprint density at radius 1 is 1.13 bits per heavy atom. The lowest BCUT2D eigenvalue weighted by atomic mass is 10.2. The molecule has 0 radical (unpaired) electrons. The highest BCUT2D eigenvalue weighted by Gasteiger charge is 2.18. The summed E-state index contributed by atoms with van der Waals surface area (Å²) in [4.78, 5) is 23.7. The molecule has 0 unspecified atom stereocenters. The molecule has 202 valence electrons. The van der Waals surface area contributed by atoms with E-state index in [1.807, 2.05) is 24.3 Å². The van der Waals surface area contributed by atoms with Crippen molar-refractivity contribution in [2.24, 2.45) is 5.10 Å². The van der Waals surface area contributed by atoms with Crippen molar-refractivity contribution >= 4 is 45.6 Å². The van der Waals surface area contributed by atoms with Gasteiger partial charge < -0.3 is 23.6 Å². The topological polar surface area (TPSA) is 115 Å². The van der Waals surface area contributed by atoms with Crippen molar-refractivity contribution in [3.8, 4) is 17.2 Å². The predicted octanol–water partition coefficient (Wildman–Crippen LogP) is 6.30. The summed E-state index contributed by atoms with van der Waals surface area (Å²) in [6, 6.07) is 18.1. The molecule has 0 saturated heterocycles. The average molecular weight is 615 g/mol. The number of carbonyl (C=O) groups excluding carboxylic acids is 1. The zero-order chi connectivity index (χ0) is 28.1. The van der Waals surface area contributed by atoms with E-state index in [0.29, 0.717) is 26.6 Å². The second-order valence-corrected chi connectivity index (χ2v) is 9.89. The maximum absolute atomic E-state index is 12.5. The molecule has 2 heterocycles. The molecule has 1 atom stereocenters. The summed E-state index contributed by atoms with van der Waals surface area (Å²) in [7, 11) is 0. The van der Waals surface area contributed by atoms with E-state index in [4.69, 9.17) is 30.6 Å². The Morgan fingerprint density at radius 3 is 2.49 bits per heavy atom. The number of nitrogens with one attached hydrogen (secondary N) is 1. The fourth-order valence-electron chi connectivity index (χ4n) is 3.74. The molecule has 4 rings (SSSR count). The lowest BCUT2D eigenvalue weighted by molar-refractivity contribution is -0.144. The van der Waals surface area contributed by atoms with Gasteiger partial charge in [0, 0.05) is 27.7 Å². The second kappa shape index (κ2) is 12.2. The number of carboxylic acids is 1. The number of hydrogen-bond acceptors (Lipinski definition) is 6. The van der Waals surface area contributed by atoms with Crippen molar-refractivity contribution < 1.29 is 28.6 Å². The number of carboxylic acid groups (broad SMARTS) is 1. The highest BCUT2D eigenvalue weighted by atomic mass is 79.9. The van der Waals surface area contributed by atoms with Crippen LogP contribution >= 0.6 is 27.5 Å². The summed E-state index contributed by atoms with van der Waals surface area (Å²) >= 11 is 9.41. The molecule has 2 aromatic carbocycles. The standard InChI is InChI=1S/C28H25BrClN3O6/c1-16-4-5-17(2)33(16)21-6-8-22(9-7-21)37-15-23-10-11-25(39-23)27(34)32-31-14-19-12-20(30)13-24(29)26(19)38-18(3)28(35)36/h4-14,18H,15H2,1-3H3,(H,32,34)(H,35,36)/b31-14+/t18-/m1/s1. The van der Waals surface area contributed by atoms with Crippen LogP contribution in [0.5, 0.6) is 11.5 Å². The minimum Gasteiger partial charge on any atom is -0.486 e. The van der Waals surface area contributed by atoms with E-state index in [0.717, 1.165) is 17.1 Å². The van der Waals surface area contributed by atoms with Crippen molar-refractivity contribution in [1.29, 1.82) is 0 Å². The van der Waals surface area contributed by atoms with Crippen LogP contribution in [-0.2, 0) is 11.4 Å². The van der Waals surface area contributed by atoms with Gasteiger partial charge in [0.25, 0.3) is 0 Å². The van der Waals surface area contributed by atoms with Crippen LogP contribution in [0.15, 0.2) is 74.7 Å². The minimum atomic E-state index is -1.13. The molecule has 4 aromatic rings. The number of aliphatic carboxylic acids is 1. The van der Waals surface area contributed by atoms with Gasteiger partial charge in [-0.2, -0.15) is 5.10 Å². The second-order valence-electron chi connectivity index (χ2n) is 8.60. The maximum Gasteiger partial charge on any atom is 0.344 e. The van der Waals surface area contributed by atoms with Crippen LogP contribution in [0.3, 0.4) is 0 Å². The molecule has 0 aliphatic carbocycles. The largest absolute Gasteiger partial charge is 0.486 e. The number of hydrazone groups is 1. The molecule has 39 heavy (non-hydrogen) atoms. The SMILES string of the molecule is Cc1ccc(C)n1-c1ccc(OCc2ccc(C(=O)N/N=C/c3cc(Cl)cc(Br)c3O[C@H](C)C(=O)O)o2)cc1. The first-order chi connectivity index (χ1) is 18.6. The lowest BCUT2D eigenvalue weighted by Crippen LogP contribution is -2.23. The zero-order valence-electron chi connectivity index (χ0n) is 21.3. The van der Waals surface area contributed by atoms with Gasteiger partial charge in [0.1, 0.15) is 23.9 Å². The fraction of sp³-hybridized carbons (Fsp3) is 0.179. The number of rotatable bonds is 10. The van der Waals surface area contributed by atoms with E-state index in [-0.39, 0.29) is 18.1 Å². The Hall–Kier alpha value is -4.02. The smallest absolute Gasteiger partial charge is 0.344 e. The number of amides is 1. The van der Waals surface area contributed by atoms with E-state index >= 15 is 0 Å². The average Bonchev–Trinajstić information content (AvgIpc) is 3.51. The molecule has 9 nitrogen and oxygen atoms in total. The van der Waals surface area contributed by atoms with E-state index in [9.17, 15) is 9.59 Å². The number of ether oxygens (including phenoxy) is 2. The number of aromatic nitrogens is 1. The van der Waals surface area contributed by atoms with Gasteiger partial charge in [-0.25, -0.2) is 10.2 Å². The zero-order valence-corrected chi connectivity index (χ0v) is 23.6. The van der Waals surface area contributed by atoms with Gasteiger partial charge in [-0.15, -0.1) is 0 Å². The number of furan rings is 1. The van der Waals surface area contributed by atoms with Crippen molar-refractivity contribution in [3.05, 3.63) is 98.6 Å². The quantitative estimate of drug-likeness (QED) is 0.160. The molecule has 2 N–H and O–H groups in total. The number of aryl methyl sites for hydroxylation is 2. The van der Waals surface area contributed by atoms with Gasteiger partial charge in [-0.05, 0) is 97.4 Å². The molecule has 0 saturated carbocycles. The third-order valence-electron chi connectivity index (χ3n) is 5.68. The summed E-state index contributed by atoms with van der Waals surface area (Å²) in [5.74, 6) is -0.329. The molecule has 1 amide bonds. The van der Waals surface area contributed by atoms with E-state index in [1.54, 1.807) is 12.1 Å². The Labute approximate surface area is 238 Å². The predicted molar refractivity (Wildman–Crippen MR) is 150 cm³/mol. The molecule has 2 aromatic heterocycles. The van der Waals surface area contributed by atoms with Crippen LogP contribution in [0.4, 0.5) is 0 Å². The van der Waals surface area contributed by atoms with Gasteiger partial charge in [0.2, 0.25) is 0 Å². The lowest BCUT2D eigenvalue weighted by Gasteiger charge is -2.14. The van der Waals surface area contributed by atoms with Crippen LogP contribution in [0.1, 0.15) is 40.2 Å². The number of nitrogens with zero attached hydrogens (tertiary/aromatic N) is 2. The molecular weight excluding hydrogens is 590 g/mol. The summed E-state index contributed by atoms with van der Waals surface area (Å²) in [6.45, 7) is 5.64. The van der Waals surface area contributed by atoms with E-state index < -0.39 is 18.0 Å². The Bertz CT molecular complexity index is 1510. The Morgan fingerprint density at radius 2 is 1.82 bits per heavy atom. The number of benzene rings is 2. The highest BCUT2D eigenvalue weighted by Crippen LogP contribution is 2.32. The van der Waals surface area contributed by atoms with Gasteiger partial charge in [-0.1, -0.05) is 11.6 Å². The van der Waals surface area contributed by atoms with Crippen molar-refractivity contribution in [3.63, 3.8) is 0 Å². The first kappa shape index (κ1) is 28.0. The normalized spacial score (nSPS) is 11.9. The molecule has 0 bridgehead atoms. The molecule has 0 spiro atoms. The van der Waals surface area contributed by atoms with Crippen LogP contribution < -0.4 is 14.9 Å². The van der Waals surface area contributed by atoms with Gasteiger partial charge >= 0.3 is 11.9 Å². The van der Waals surface area contributed by atoms with Crippen LogP contribution in [-0.4, -0.2) is 33.9 Å². The third kappa shape index (κ3) is 6.90. The molecule has 0 aliphatic rings. The van der Waals surface area contributed by atoms with Crippen molar-refractivity contribution in [1.82, 2.24) is 9.99 Å². The summed E-state index contributed by atoms with van der Waals surface area (Å²) in [5, 5.41) is 13.4. The fourth-order valence-corrected chi connectivity index (χ4v) is 4.67. The maximum atomic E-state index is 12.5. The van der Waals surface area contributed by atoms with Gasteiger partial charge in [-0.3, -0.25) is 4.79 Å². The van der Waals surface area contributed by atoms with Crippen LogP contribution in [0, 0.1) is 13.8 Å². The number of hydrogen-bond donors (Lipinski definition) is 2. The third-order valence-corrected chi connectivity index (χ3v) is 6.49. The van der Waals surface area contributed by atoms with Crippen LogP contribution in [0.25, 0.3) is 5.69 Å². The van der Waals surface area contributed by atoms with Gasteiger partial charge in [0.15, 0.2) is 11.9 Å². The van der Waals surface area contributed by atoms with Crippen molar-refractivity contribution in [2.45, 2.75) is 33.5 Å². The Kier molecular flexibility index (Phi) is 8.78. The summed E-state index contributed by atoms with van der Waals surface area (Å²) in [5.41, 5.74) is 6.07.